The van der Waals surface area contributed by atoms with Gasteiger partial charge in [-0.3, -0.25) is 4.79 Å². The highest BCUT2D eigenvalue weighted by atomic mass is 16.1. The number of nitrogens with one attached hydrogen (secondary N) is 2. The third-order valence-electron chi connectivity index (χ3n) is 4.01. The Hall–Kier alpha value is -1.51. The number of carbonyl (C=O) groups excluding carboxylic acids is 1. The van der Waals surface area contributed by atoms with Gasteiger partial charge in [0, 0.05) is 11.7 Å². The van der Waals surface area contributed by atoms with Crippen LogP contribution in [-0.2, 0) is 11.2 Å². The summed E-state index contributed by atoms with van der Waals surface area (Å²) in [6.45, 7) is 2.50. The molecule has 0 bridgehead atoms. The van der Waals surface area contributed by atoms with E-state index in [2.05, 4.69) is 29.7 Å². The molecule has 0 aliphatic heterocycles. The average Bonchev–Trinajstić information content (AvgIpc) is 2.74. The summed E-state index contributed by atoms with van der Waals surface area (Å²) in [4.78, 5) is 12.0. The topological polar surface area (TPSA) is 41.1 Å². The van der Waals surface area contributed by atoms with E-state index in [1.807, 2.05) is 12.1 Å². The fourth-order valence-corrected chi connectivity index (χ4v) is 2.79. The van der Waals surface area contributed by atoms with Crippen molar-refractivity contribution in [3.63, 3.8) is 0 Å². The zero-order chi connectivity index (χ0) is 14.2. The number of anilines is 1. The lowest BCUT2D eigenvalue weighted by molar-refractivity contribution is -0.120. The molecule has 0 radical (unpaired) electrons. The molecule has 1 aliphatic carbocycles. The minimum atomic E-state index is 0.110. The van der Waals surface area contributed by atoms with Gasteiger partial charge in [-0.15, -0.1) is 0 Å². The minimum Gasteiger partial charge on any atom is -0.376 e. The van der Waals surface area contributed by atoms with Crippen LogP contribution < -0.4 is 10.6 Å². The van der Waals surface area contributed by atoms with Gasteiger partial charge in [0.15, 0.2) is 0 Å². The van der Waals surface area contributed by atoms with Crippen LogP contribution in [0.25, 0.3) is 0 Å². The van der Waals surface area contributed by atoms with Crippen molar-refractivity contribution in [2.75, 3.05) is 11.9 Å². The van der Waals surface area contributed by atoms with Gasteiger partial charge in [0.05, 0.1) is 6.54 Å². The summed E-state index contributed by atoms with van der Waals surface area (Å²) in [5.41, 5.74) is 2.32. The summed E-state index contributed by atoms with van der Waals surface area (Å²) in [5, 5.41) is 6.37. The van der Waals surface area contributed by atoms with Crippen LogP contribution in [0.3, 0.4) is 0 Å². The van der Waals surface area contributed by atoms with Crippen molar-refractivity contribution in [3.8, 4) is 0 Å². The zero-order valence-electron chi connectivity index (χ0n) is 12.5. The molecule has 1 amide bonds. The van der Waals surface area contributed by atoms with Gasteiger partial charge < -0.3 is 10.6 Å². The average molecular weight is 274 g/mol. The van der Waals surface area contributed by atoms with Gasteiger partial charge in [-0.05, 0) is 37.0 Å². The van der Waals surface area contributed by atoms with Crippen molar-refractivity contribution in [3.05, 3.63) is 29.8 Å². The van der Waals surface area contributed by atoms with Gasteiger partial charge in [-0.2, -0.15) is 0 Å². The molecule has 2 N–H and O–H groups in total. The first kappa shape index (κ1) is 14.9. The Balaban J connectivity index is 1.76. The lowest BCUT2D eigenvalue weighted by Gasteiger charge is -2.16. The highest BCUT2D eigenvalue weighted by Crippen LogP contribution is 2.17. The third-order valence-corrected chi connectivity index (χ3v) is 4.01. The maximum Gasteiger partial charge on any atom is 0.239 e. The number of hydrogen-bond donors (Lipinski definition) is 2. The Labute approximate surface area is 122 Å². The van der Waals surface area contributed by atoms with Crippen molar-refractivity contribution in [2.24, 2.45) is 0 Å². The molecule has 3 heteroatoms. The van der Waals surface area contributed by atoms with Gasteiger partial charge in [-0.1, -0.05) is 44.7 Å². The van der Waals surface area contributed by atoms with E-state index in [1.54, 1.807) is 0 Å². The molecule has 1 aliphatic rings. The molecule has 1 aromatic carbocycles. The molecule has 0 saturated heterocycles. The van der Waals surface area contributed by atoms with E-state index in [-0.39, 0.29) is 5.91 Å². The maximum absolute atomic E-state index is 12.0. The van der Waals surface area contributed by atoms with Gasteiger partial charge in [-0.25, -0.2) is 0 Å². The predicted molar refractivity (Wildman–Crippen MR) is 83.9 cm³/mol. The largest absolute Gasteiger partial charge is 0.376 e. The fraction of sp³-hybridized carbons (Fsp3) is 0.588. The Kier molecular flexibility index (Phi) is 5.90. The van der Waals surface area contributed by atoms with E-state index in [4.69, 9.17) is 0 Å². The number of benzene rings is 1. The smallest absolute Gasteiger partial charge is 0.239 e. The molecule has 0 atom stereocenters. The summed E-state index contributed by atoms with van der Waals surface area (Å²) in [6, 6.07) is 8.65. The van der Waals surface area contributed by atoms with E-state index in [0.717, 1.165) is 24.9 Å². The van der Waals surface area contributed by atoms with Crippen LogP contribution in [0.2, 0.25) is 0 Å². The normalized spacial score (nSPS) is 16.4. The summed E-state index contributed by atoms with van der Waals surface area (Å²) >= 11 is 0. The first-order chi connectivity index (χ1) is 9.78. The van der Waals surface area contributed by atoms with Gasteiger partial charge in [0.25, 0.3) is 0 Å². The second-order valence-electron chi connectivity index (χ2n) is 5.66. The number of amides is 1. The Morgan fingerprint density at radius 1 is 1.20 bits per heavy atom. The van der Waals surface area contributed by atoms with Crippen molar-refractivity contribution < 1.29 is 4.79 Å². The Morgan fingerprint density at radius 2 is 1.95 bits per heavy atom. The molecule has 1 fully saturated rings. The second kappa shape index (κ2) is 7.93. The van der Waals surface area contributed by atoms with Crippen LogP contribution >= 0.6 is 0 Å². The van der Waals surface area contributed by atoms with Crippen molar-refractivity contribution in [1.29, 1.82) is 0 Å². The van der Waals surface area contributed by atoms with Crippen molar-refractivity contribution >= 4 is 11.6 Å². The molecule has 1 saturated carbocycles. The van der Waals surface area contributed by atoms with E-state index in [9.17, 15) is 4.79 Å². The van der Waals surface area contributed by atoms with E-state index >= 15 is 0 Å². The number of aryl methyl sites for hydroxylation is 1. The second-order valence-corrected chi connectivity index (χ2v) is 5.66. The van der Waals surface area contributed by atoms with E-state index in [1.165, 1.54) is 31.2 Å². The SMILES string of the molecule is CCc1cccc(NCC(=O)NC2CCCCCC2)c1. The van der Waals surface area contributed by atoms with Gasteiger partial charge in [0.2, 0.25) is 5.91 Å². The molecule has 3 nitrogen and oxygen atoms in total. The van der Waals surface area contributed by atoms with E-state index < -0.39 is 0 Å². The Morgan fingerprint density at radius 3 is 2.65 bits per heavy atom. The quantitative estimate of drug-likeness (QED) is 0.807. The number of carbonyl (C=O) groups is 1. The van der Waals surface area contributed by atoms with Crippen molar-refractivity contribution in [2.45, 2.75) is 57.9 Å². The summed E-state index contributed by atoms with van der Waals surface area (Å²) in [6.07, 6.45) is 8.41. The first-order valence-electron chi connectivity index (χ1n) is 7.90. The third kappa shape index (κ3) is 4.87. The van der Waals surface area contributed by atoms with Crippen molar-refractivity contribution in [1.82, 2.24) is 5.32 Å². The van der Waals surface area contributed by atoms with Gasteiger partial charge in [0.1, 0.15) is 0 Å². The van der Waals surface area contributed by atoms with Crippen LogP contribution in [-0.4, -0.2) is 18.5 Å². The summed E-state index contributed by atoms with van der Waals surface area (Å²) < 4.78 is 0. The summed E-state index contributed by atoms with van der Waals surface area (Å²) in [5.74, 6) is 0.110. The standard InChI is InChI=1S/C17H26N2O/c1-2-14-8-7-11-16(12-14)18-13-17(20)19-15-9-5-3-4-6-10-15/h7-8,11-12,15,18H,2-6,9-10,13H2,1H3,(H,19,20). The number of hydrogen-bond acceptors (Lipinski definition) is 2. The lowest BCUT2D eigenvalue weighted by Crippen LogP contribution is -2.38. The van der Waals surface area contributed by atoms with Crippen LogP contribution in [0.4, 0.5) is 5.69 Å². The zero-order valence-corrected chi connectivity index (χ0v) is 12.5. The summed E-state index contributed by atoms with van der Waals surface area (Å²) in [7, 11) is 0. The van der Waals surface area contributed by atoms with E-state index in [0.29, 0.717) is 12.6 Å². The van der Waals surface area contributed by atoms with Crippen LogP contribution in [0.1, 0.15) is 51.0 Å². The monoisotopic (exact) mass is 274 g/mol. The fourth-order valence-electron chi connectivity index (χ4n) is 2.79. The molecular formula is C17H26N2O. The van der Waals surface area contributed by atoms with Crippen LogP contribution in [0.15, 0.2) is 24.3 Å². The first-order valence-corrected chi connectivity index (χ1v) is 7.90. The molecule has 0 spiro atoms. The minimum absolute atomic E-state index is 0.110. The molecule has 0 aromatic heterocycles. The van der Waals surface area contributed by atoms with Gasteiger partial charge >= 0.3 is 0 Å². The maximum atomic E-state index is 12.0. The van der Waals surface area contributed by atoms with Crippen LogP contribution in [0, 0.1) is 0 Å². The Bertz CT molecular complexity index is 423. The molecule has 20 heavy (non-hydrogen) atoms. The molecular weight excluding hydrogens is 248 g/mol. The lowest BCUT2D eigenvalue weighted by atomic mass is 10.1. The highest BCUT2D eigenvalue weighted by Gasteiger charge is 2.14. The molecule has 0 unspecified atom stereocenters. The van der Waals surface area contributed by atoms with Crippen LogP contribution in [0.5, 0.6) is 0 Å². The molecule has 2 rings (SSSR count). The molecule has 0 heterocycles. The predicted octanol–water partition coefficient (Wildman–Crippen LogP) is 3.50. The molecule has 110 valence electrons. The molecule has 1 aromatic rings. The highest BCUT2D eigenvalue weighted by molar-refractivity contribution is 5.81. The number of rotatable bonds is 5.